The lowest BCUT2D eigenvalue weighted by molar-refractivity contribution is -0.118. The maximum absolute atomic E-state index is 10.9. The molecule has 1 atom stereocenters. The quantitative estimate of drug-likeness (QED) is 0.697. The summed E-state index contributed by atoms with van der Waals surface area (Å²) in [7, 11) is 0. The first-order valence-electron chi connectivity index (χ1n) is 4.73. The van der Waals surface area contributed by atoms with Gasteiger partial charge in [0.1, 0.15) is 11.9 Å². The standard InChI is InChI=1S/C10H15NO3/c1-7(14-10(11)13)6-8-2-4-9(12)5-3-8/h2,7H,3-6H2,1H3,(H2,11,13). The van der Waals surface area contributed by atoms with Crippen LogP contribution in [0.2, 0.25) is 0 Å². The number of nitrogens with two attached hydrogens (primary N) is 1. The Morgan fingerprint density at radius 3 is 2.86 bits per heavy atom. The van der Waals surface area contributed by atoms with Crippen molar-refractivity contribution in [3.05, 3.63) is 11.6 Å². The zero-order valence-electron chi connectivity index (χ0n) is 8.29. The fourth-order valence-corrected chi connectivity index (χ4v) is 1.56. The first kappa shape index (κ1) is 10.8. The number of allylic oxidation sites excluding steroid dienone is 1. The van der Waals surface area contributed by atoms with E-state index in [-0.39, 0.29) is 11.9 Å². The Balaban J connectivity index is 2.37. The molecule has 0 saturated heterocycles. The summed E-state index contributed by atoms with van der Waals surface area (Å²) >= 11 is 0. The first-order valence-corrected chi connectivity index (χ1v) is 4.73. The maximum Gasteiger partial charge on any atom is 0.404 e. The van der Waals surface area contributed by atoms with Crippen molar-refractivity contribution in [2.45, 2.75) is 38.7 Å². The van der Waals surface area contributed by atoms with Crippen molar-refractivity contribution in [1.82, 2.24) is 0 Å². The molecule has 1 aliphatic carbocycles. The molecule has 0 aromatic heterocycles. The molecule has 4 nitrogen and oxygen atoms in total. The Morgan fingerprint density at radius 2 is 2.36 bits per heavy atom. The van der Waals surface area contributed by atoms with Gasteiger partial charge in [0, 0.05) is 19.3 Å². The van der Waals surface area contributed by atoms with Gasteiger partial charge in [-0.15, -0.1) is 0 Å². The van der Waals surface area contributed by atoms with E-state index in [2.05, 4.69) is 0 Å². The summed E-state index contributed by atoms with van der Waals surface area (Å²) in [5.74, 6) is 0.275. The lowest BCUT2D eigenvalue weighted by atomic mass is 9.95. The third-order valence-corrected chi connectivity index (χ3v) is 2.21. The molecule has 1 rings (SSSR count). The second kappa shape index (κ2) is 4.79. The Kier molecular flexibility index (Phi) is 3.68. The fraction of sp³-hybridized carbons (Fsp3) is 0.600. The Labute approximate surface area is 83.1 Å². The van der Waals surface area contributed by atoms with Gasteiger partial charge in [0.05, 0.1) is 0 Å². The maximum atomic E-state index is 10.9. The van der Waals surface area contributed by atoms with Gasteiger partial charge in [-0.05, 0) is 13.3 Å². The van der Waals surface area contributed by atoms with Crippen LogP contribution < -0.4 is 5.73 Å². The van der Waals surface area contributed by atoms with Crippen molar-refractivity contribution in [1.29, 1.82) is 0 Å². The normalized spacial score (nSPS) is 18.6. The van der Waals surface area contributed by atoms with E-state index in [0.717, 1.165) is 6.42 Å². The average molecular weight is 197 g/mol. The van der Waals surface area contributed by atoms with E-state index in [1.807, 2.05) is 6.08 Å². The second-order valence-corrected chi connectivity index (χ2v) is 3.56. The highest BCUT2D eigenvalue weighted by atomic mass is 16.6. The summed E-state index contributed by atoms with van der Waals surface area (Å²) in [6.07, 6.45) is 3.55. The van der Waals surface area contributed by atoms with Crippen LogP contribution in [0.15, 0.2) is 11.6 Å². The molecule has 1 amide bonds. The number of rotatable bonds is 3. The number of ketones is 1. The minimum absolute atomic E-state index is 0.202. The van der Waals surface area contributed by atoms with Crippen LogP contribution in [-0.2, 0) is 9.53 Å². The Bertz CT molecular complexity index is 271. The molecule has 1 aliphatic rings. The van der Waals surface area contributed by atoms with Crippen molar-refractivity contribution in [2.24, 2.45) is 5.73 Å². The third-order valence-electron chi connectivity index (χ3n) is 2.21. The van der Waals surface area contributed by atoms with E-state index in [4.69, 9.17) is 10.5 Å². The molecule has 0 aromatic rings. The van der Waals surface area contributed by atoms with E-state index in [9.17, 15) is 9.59 Å². The highest BCUT2D eigenvalue weighted by Gasteiger charge is 2.14. The fourth-order valence-electron chi connectivity index (χ4n) is 1.56. The molecule has 0 radical (unpaired) electrons. The van der Waals surface area contributed by atoms with E-state index >= 15 is 0 Å². The van der Waals surface area contributed by atoms with Crippen LogP contribution in [0.1, 0.15) is 32.6 Å². The molecular weight excluding hydrogens is 182 g/mol. The van der Waals surface area contributed by atoms with Crippen molar-refractivity contribution >= 4 is 11.9 Å². The van der Waals surface area contributed by atoms with Crippen LogP contribution in [-0.4, -0.2) is 18.0 Å². The number of ether oxygens (including phenoxy) is 1. The molecule has 0 saturated carbocycles. The lowest BCUT2D eigenvalue weighted by Crippen LogP contribution is -2.21. The minimum atomic E-state index is -0.745. The average Bonchev–Trinajstić information content (AvgIpc) is 2.07. The number of carbonyl (C=O) groups excluding carboxylic acids is 2. The highest BCUT2D eigenvalue weighted by molar-refractivity contribution is 5.81. The molecular formula is C10H15NO3. The largest absolute Gasteiger partial charge is 0.446 e. The lowest BCUT2D eigenvalue weighted by Gasteiger charge is -2.16. The van der Waals surface area contributed by atoms with Crippen LogP contribution in [0.4, 0.5) is 4.79 Å². The number of Topliss-reactive ketones (excluding diaryl/α,β-unsaturated/α-hetero) is 1. The number of hydrogen-bond donors (Lipinski definition) is 1. The van der Waals surface area contributed by atoms with Gasteiger partial charge >= 0.3 is 6.09 Å². The van der Waals surface area contributed by atoms with E-state index in [0.29, 0.717) is 19.3 Å². The summed E-state index contributed by atoms with van der Waals surface area (Å²) in [4.78, 5) is 21.4. The monoisotopic (exact) mass is 197 g/mol. The predicted octanol–water partition coefficient (Wildman–Crippen LogP) is 1.54. The SMILES string of the molecule is CC(CC1=CCC(=O)CC1)OC(N)=O. The van der Waals surface area contributed by atoms with Gasteiger partial charge < -0.3 is 10.5 Å². The van der Waals surface area contributed by atoms with Crippen molar-refractivity contribution in [2.75, 3.05) is 0 Å². The second-order valence-electron chi connectivity index (χ2n) is 3.56. The molecule has 0 aliphatic heterocycles. The van der Waals surface area contributed by atoms with Gasteiger partial charge in [-0.1, -0.05) is 11.6 Å². The van der Waals surface area contributed by atoms with E-state index in [1.54, 1.807) is 6.92 Å². The molecule has 1 unspecified atom stereocenters. The van der Waals surface area contributed by atoms with Crippen LogP contribution in [0.3, 0.4) is 0 Å². The zero-order valence-corrected chi connectivity index (χ0v) is 8.29. The van der Waals surface area contributed by atoms with Crippen molar-refractivity contribution in [3.8, 4) is 0 Å². The first-order chi connectivity index (χ1) is 6.58. The third kappa shape index (κ3) is 3.60. The molecule has 2 N–H and O–H groups in total. The van der Waals surface area contributed by atoms with Gasteiger partial charge in [0.15, 0.2) is 0 Å². The topological polar surface area (TPSA) is 69.4 Å². The molecule has 0 spiro atoms. The molecule has 14 heavy (non-hydrogen) atoms. The number of amides is 1. The summed E-state index contributed by atoms with van der Waals surface area (Å²) in [5, 5.41) is 0. The predicted molar refractivity (Wildman–Crippen MR) is 51.7 cm³/mol. The van der Waals surface area contributed by atoms with Gasteiger partial charge in [-0.25, -0.2) is 4.79 Å². The van der Waals surface area contributed by atoms with Gasteiger partial charge in [-0.2, -0.15) is 0 Å². The van der Waals surface area contributed by atoms with E-state index in [1.165, 1.54) is 5.57 Å². The molecule has 0 aromatic carbocycles. The van der Waals surface area contributed by atoms with Crippen LogP contribution in [0, 0.1) is 0 Å². The molecule has 0 heterocycles. The summed E-state index contributed by atoms with van der Waals surface area (Å²) in [5.41, 5.74) is 6.06. The summed E-state index contributed by atoms with van der Waals surface area (Å²) in [6, 6.07) is 0. The Hall–Kier alpha value is -1.32. The smallest absolute Gasteiger partial charge is 0.404 e. The number of primary amides is 1. The Morgan fingerprint density at radius 1 is 1.64 bits per heavy atom. The van der Waals surface area contributed by atoms with Crippen molar-refractivity contribution in [3.63, 3.8) is 0 Å². The van der Waals surface area contributed by atoms with Gasteiger partial charge in [0.2, 0.25) is 0 Å². The van der Waals surface area contributed by atoms with Crippen LogP contribution in [0.5, 0.6) is 0 Å². The molecule has 0 bridgehead atoms. The van der Waals surface area contributed by atoms with Gasteiger partial charge in [-0.3, -0.25) is 4.79 Å². The minimum Gasteiger partial charge on any atom is -0.446 e. The highest BCUT2D eigenvalue weighted by Crippen LogP contribution is 2.20. The van der Waals surface area contributed by atoms with Crippen LogP contribution in [0.25, 0.3) is 0 Å². The number of hydrogen-bond acceptors (Lipinski definition) is 3. The van der Waals surface area contributed by atoms with Crippen LogP contribution >= 0.6 is 0 Å². The molecule has 0 fully saturated rings. The summed E-state index contributed by atoms with van der Waals surface area (Å²) in [6.45, 7) is 1.79. The molecule has 4 heteroatoms. The zero-order chi connectivity index (χ0) is 10.6. The van der Waals surface area contributed by atoms with Gasteiger partial charge in [0.25, 0.3) is 0 Å². The summed E-state index contributed by atoms with van der Waals surface area (Å²) < 4.78 is 4.79. The van der Waals surface area contributed by atoms with Crippen molar-refractivity contribution < 1.29 is 14.3 Å². The number of carbonyl (C=O) groups is 2. The van der Waals surface area contributed by atoms with E-state index < -0.39 is 6.09 Å². The molecule has 78 valence electrons.